The fourth-order valence-corrected chi connectivity index (χ4v) is 5.27. The van der Waals surface area contributed by atoms with E-state index in [1.165, 1.54) is 38.4 Å². The van der Waals surface area contributed by atoms with Crippen LogP contribution < -0.4 is 5.73 Å². The second-order valence-electron chi connectivity index (χ2n) is 5.35. The molecular weight excluding hydrogens is 311 g/mol. The summed E-state index contributed by atoms with van der Waals surface area (Å²) in [5, 5.41) is 0. The van der Waals surface area contributed by atoms with Crippen LogP contribution in [0.2, 0.25) is 0 Å². The summed E-state index contributed by atoms with van der Waals surface area (Å²) in [6, 6.07) is 12.8. The zero-order valence-electron chi connectivity index (χ0n) is 11.2. The fourth-order valence-electron chi connectivity index (χ4n) is 2.99. The molecule has 1 aliphatic rings. The molecular formula is C17H16N2Se. The van der Waals surface area contributed by atoms with E-state index in [4.69, 9.17) is 10.7 Å². The Balaban J connectivity index is 1.93. The Kier molecular flexibility index (Phi) is 2.90. The number of hydrogen-bond acceptors (Lipinski definition) is 2. The number of aryl methyl sites for hydroxylation is 1. The Morgan fingerprint density at radius 1 is 1.05 bits per heavy atom. The average Bonchev–Trinajstić information content (AvgIpc) is 2.93. The van der Waals surface area contributed by atoms with Crippen LogP contribution in [0.25, 0.3) is 19.8 Å². The normalized spacial score (nSPS) is 14.4. The Labute approximate surface area is 124 Å². The third kappa shape index (κ3) is 1.90. The van der Waals surface area contributed by atoms with Crippen LogP contribution >= 0.6 is 0 Å². The molecule has 2 aromatic heterocycles. The summed E-state index contributed by atoms with van der Waals surface area (Å²) in [5.74, 6) is 0. The van der Waals surface area contributed by atoms with Crippen molar-refractivity contribution in [1.29, 1.82) is 0 Å². The molecule has 3 heteroatoms. The fraction of sp³-hybridized carbons (Fsp3) is 0.235. The molecule has 1 aromatic carbocycles. The maximum absolute atomic E-state index is 6.44. The first-order valence-corrected chi connectivity index (χ1v) is 8.80. The van der Waals surface area contributed by atoms with Crippen molar-refractivity contribution in [3.63, 3.8) is 0 Å². The molecule has 0 saturated carbocycles. The standard InChI is InChI=1S/C17H16N2Se/c18-16-12-8-4-5-9-13(12)19-14-10-15(20-17(14)16)11-6-2-1-3-7-11/h1-3,6-7,10H,4-5,8-9H2,(H2,18,19). The van der Waals surface area contributed by atoms with Crippen LogP contribution in [0.3, 0.4) is 0 Å². The van der Waals surface area contributed by atoms with Crippen molar-refractivity contribution in [3.05, 3.63) is 47.7 Å². The van der Waals surface area contributed by atoms with E-state index in [2.05, 4.69) is 36.4 Å². The van der Waals surface area contributed by atoms with Crippen LogP contribution in [-0.4, -0.2) is 19.5 Å². The van der Waals surface area contributed by atoms with Crippen molar-refractivity contribution >= 4 is 30.0 Å². The first kappa shape index (κ1) is 12.2. The van der Waals surface area contributed by atoms with Gasteiger partial charge in [0, 0.05) is 0 Å². The summed E-state index contributed by atoms with van der Waals surface area (Å²) >= 11 is 0.292. The van der Waals surface area contributed by atoms with Gasteiger partial charge in [0.2, 0.25) is 0 Å². The molecule has 0 aliphatic heterocycles. The van der Waals surface area contributed by atoms with Gasteiger partial charge in [-0.2, -0.15) is 0 Å². The van der Waals surface area contributed by atoms with Crippen molar-refractivity contribution in [1.82, 2.24) is 4.98 Å². The minimum absolute atomic E-state index is 0.292. The molecule has 0 saturated heterocycles. The SMILES string of the molecule is Nc1c2c(nc3cc(-c4ccccc4)[se]c13)CCCC2. The van der Waals surface area contributed by atoms with E-state index in [1.807, 2.05) is 0 Å². The predicted molar refractivity (Wildman–Crippen MR) is 85.2 cm³/mol. The zero-order chi connectivity index (χ0) is 13.5. The van der Waals surface area contributed by atoms with Gasteiger partial charge in [-0.3, -0.25) is 0 Å². The zero-order valence-corrected chi connectivity index (χ0v) is 12.9. The van der Waals surface area contributed by atoms with E-state index in [0.29, 0.717) is 14.5 Å². The summed E-state index contributed by atoms with van der Waals surface area (Å²) in [5.41, 5.74) is 12.5. The number of hydrogen-bond donors (Lipinski definition) is 1. The molecule has 2 nitrogen and oxygen atoms in total. The van der Waals surface area contributed by atoms with E-state index in [-0.39, 0.29) is 0 Å². The van der Waals surface area contributed by atoms with Gasteiger partial charge in [-0.1, -0.05) is 0 Å². The van der Waals surface area contributed by atoms with Gasteiger partial charge >= 0.3 is 124 Å². The third-order valence-corrected chi connectivity index (χ3v) is 6.57. The summed E-state index contributed by atoms with van der Waals surface area (Å²) in [6.45, 7) is 0. The summed E-state index contributed by atoms with van der Waals surface area (Å²) in [7, 11) is 0. The van der Waals surface area contributed by atoms with Gasteiger partial charge in [0.1, 0.15) is 0 Å². The molecule has 0 fully saturated rings. The Morgan fingerprint density at radius 2 is 1.85 bits per heavy atom. The first-order chi connectivity index (χ1) is 9.83. The Hall–Kier alpha value is -1.57. The van der Waals surface area contributed by atoms with Crippen molar-refractivity contribution in [2.45, 2.75) is 25.7 Å². The Morgan fingerprint density at radius 3 is 2.70 bits per heavy atom. The summed E-state index contributed by atoms with van der Waals surface area (Å²) < 4.78 is 2.70. The van der Waals surface area contributed by atoms with E-state index in [1.54, 1.807) is 0 Å². The number of fused-ring (bicyclic) bond motifs is 2. The van der Waals surface area contributed by atoms with Gasteiger partial charge < -0.3 is 0 Å². The molecule has 2 heterocycles. The number of benzene rings is 1. The van der Waals surface area contributed by atoms with Gasteiger partial charge in [-0.25, -0.2) is 0 Å². The Bertz CT molecular complexity index is 775. The van der Waals surface area contributed by atoms with Gasteiger partial charge in [-0.05, 0) is 0 Å². The van der Waals surface area contributed by atoms with Crippen LogP contribution in [0.15, 0.2) is 36.4 Å². The van der Waals surface area contributed by atoms with Crippen molar-refractivity contribution in [2.75, 3.05) is 5.73 Å². The molecule has 4 rings (SSSR count). The predicted octanol–water partition coefficient (Wildman–Crippen LogP) is 3.42. The van der Waals surface area contributed by atoms with E-state index in [9.17, 15) is 0 Å². The minimum atomic E-state index is 0.292. The molecule has 0 atom stereocenters. The van der Waals surface area contributed by atoms with Crippen LogP contribution in [0, 0.1) is 0 Å². The van der Waals surface area contributed by atoms with Gasteiger partial charge in [0.25, 0.3) is 0 Å². The van der Waals surface area contributed by atoms with Gasteiger partial charge in [-0.15, -0.1) is 0 Å². The van der Waals surface area contributed by atoms with E-state index in [0.717, 1.165) is 24.0 Å². The molecule has 0 bridgehead atoms. The van der Waals surface area contributed by atoms with Crippen molar-refractivity contribution < 1.29 is 0 Å². The summed E-state index contributed by atoms with van der Waals surface area (Å²) in [4.78, 5) is 4.89. The average molecular weight is 327 g/mol. The number of rotatable bonds is 1. The van der Waals surface area contributed by atoms with Gasteiger partial charge in [0.15, 0.2) is 0 Å². The number of nitrogen functional groups attached to an aromatic ring is 1. The monoisotopic (exact) mass is 328 g/mol. The second kappa shape index (κ2) is 4.76. The molecule has 0 radical (unpaired) electrons. The number of nitrogens with two attached hydrogens (primary N) is 1. The quantitative estimate of drug-likeness (QED) is 0.696. The molecule has 0 unspecified atom stereocenters. The molecule has 0 amide bonds. The molecule has 3 aromatic rings. The van der Waals surface area contributed by atoms with Crippen molar-refractivity contribution in [3.8, 4) is 10.0 Å². The third-order valence-electron chi connectivity index (χ3n) is 4.03. The van der Waals surface area contributed by atoms with Crippen molar-refractivity contribution in [2.24, 2.45) is 0 Å². The number of anilines is 1. The number of aromatic nitrogens is 1. The van der Waals surface area contributed by atoms with Crippen LogP contribution in [0.5, 0.6) is 0 Å². The first-order valence-electron chi connectivity index (χ1n) is 7.09. The number of pyridine rings is 1. The second-order valence-corrected chi connectivity index (χ2v) is 7.56. The van der Waals surface area contributed by atoms with Gasteiger partial charge in [0.05, 0.1) is 0 Å². The van der Waals surface area contributed by atoms with E-state index < -0.39 is 0 Å². The van der Waals surface area contributed by atoms with Crippen LogP contribution in [0.1, 0.15) is 24.1 Å². The maximum atomic E-state index is 6.44. The molecule has 20 heavy (non-hydrogen) atoms. The summed E-state index contributed by atoms with van der Waals surface area (Å²) in [6.07, 6.45) is 4.70. The van der Waals surface area contributed by atoms with Crippen LogP contribution in [0.4, 0.5) is 5.69 Å². The molecule has 0 spiro atoms. The number of nitrogens with zero attached hydrogens (tertiary/aromatic N) is 1. The molecule has 2 N–H and O–H groups in total. The molecule has 1 aliphatic carbocycles. The topological polar surface area (TPSA) is 38.9 Å². The van der Waals surface area contributed by atoms with Crippen LogP contribution in [-0.2, 0) is 12.8 Å². The molecule has 100 valence electrons. The van der Waals surface area contributed by atoms with E-state index >= 15 is 0 Å².